The van der Waals surface area contributed by atoms with Crippen molar-refractivity contribution >= 4 is 43.0 Å². The Morgan fingerprint density at radius 1 is 0.846 bits per heavy atom. The molecule has 1 amide bonds. The zero-order valence-corrected chi connectivity index (χ0v) is 23.8. The normalized spacial score (nSPS) is 15.3. The quantitative estimate of drug-likeness (QED) is 0.408. The number of nitrogens with zero attached hydrogens (tertiary/aromatic N) is 3. The van der Waals surface area contributed by atoms with Gasteiger partial charge in [-0.25, -0.2) is 30.4 Å². The summed E-state index contributed by atoms with van der Waals surface area (Å²) in [6.07, 6.45) is -0.558. The lowest BCUT2D eigenvalue weighted by atomic mass is 10.2. The molecule has 1 fully saturated rings. The Hall–Kier alpha value is -3.42. The number of piperazine rings is 1. The molecule has 0 spiro atoms. The summed E-state index contributed by atoms with van der Waals surface area (Å²) in [6.45, 7) is 6.63. The van der Waals surface area contributed by atoms with Crippen molar-refractivity contribution in [1.82, 2.24) is 13.2 Å². The predicted octanol–water partition coefficient (Wildman–Crippen LogP) is 3.30. The second kappa shape index (κ2) is 10.6. The van der Waals surface area contributed by atoms with Gasteiger partial charge in [0.15, 0.2) is 5.69 Å². The molecule has 0 bridgehead atoms. The van der Waals surface area contributed by atoms with Crippen molar-refractivity contribution in [2.45, 2.75) is 43.1 Å². The Balaban J connectivity index is 1.85. The average Bonchev–Trinajstić information content (AvgIpc) is 3.25. The van der Waals surface area contributed by atoms with Crippen LogP contribution in [0.4, 0.5) is 4.79 Å². The second-order valence-corrected chi connectivity index (χ2v) is 13.5. The van der Waals surface area contributed by atoms with E-state index in [-0.39, 0.29) is 48.6 Å². The van der Waals surface area contributed by atoms with Gasteiger partial charge in [-0.15, -0.1) is 0 Å². The summed E-state index contributed by atoms with van der Waals surface area (Å²) in [5.41, 5.74) is -1.28. The minimum Gasteiger partial charge on any atom is -0.461 e. The van der Waals surface area contributed by atoms with Gasteiger partial charge in [-0.2, -0.15) is 4.31 Å². The minimum absolute atomic E-state index is 0.0235. The highest BCUT2D eigenvalue weighted by molar-refractivity contribution is 7.91. The van der Waals surface area contributed by atoms with E-state index in [2.05, 4.69) is 0 Å². The first kappa shape index (κ1) is 28.6. The van der Waals surface area contributed by atoms with E-state index in [1.54, 1.807) is 45.9 Å². The van der Waals surface area contributed by atoms with Gasteiger partial charge < -0.3 is 14.4 Å². The molecule has 11 nitrogen and oxygen atoms in total. The van der Waals surface area contributed by atoms with Crippen LogP contribution in [0.5, 0.6) is 0 Å². The fraction of sp³-hybridized carbons (Fsp3) is 0.385. The summed E-state index contributed by atoms with van der Waals surface area (Å²) in [7, 11) is -8.82. The molecular weight excluding hydrogens is 546 g/mol. The van der Waals surface area contributed by atoms with Crippen molar-refractivity contribution < 1.29 is 35.9 Å². The standard InChI is InChI=1S/C26H31N3O8S2/c1-5-36-24(30)22-23(39(34,35)28-17-15-27(16-18-28)25(31)37-26(2,3)4)20-13-9-10-14-21(20)29(22)38(32,33)19-11-7-6-8-12-19/h6-14H,5,15-18H2,1-4H3. The Labute approximate surface area is 228 Å². The van der Waals surface area contributed by atoms with E-state index < -0.39 is 48.3 Å². The van der Waals surface area contributed by atoms with Gasteiger partial charge in [-0.3, -0.25) is 0 Å². The molecule has 4 rings (SSSR count). The highest BCUT2D eigenvalue weighted by Crippen LogP contribution is 2.36. The Bertz CT molecular complexity index is 1600. The lowest BCUT2D eigenvalue weighted by Crippen LogP contribution is -2.51. The van der Waals surface area contributed by atoms with Crippen molar-refractivity contribution in [1.29, 1.82) is 0 Å². The number of amides is 1. The number of para-hydroxylation sites is 1. The first-order valence-electron chi connectivity index (χ1n) is 12.4. The average molecular weight is 578 g/mol. The molecule has 0 unspecified atom stereocenters. The number of carbonyl (C=O) groups excluding carboxylic acids is 2. The molecule has 0 N–H and O–H groups in total. The smallest absolute Gasteiger partial charge is 0.410 e. The number of esters is 1. The Morgan fingerprint density at radius 2 is 1.44 bits per heavy atom. The van der Waals surface area contributed by atoms with Crippen LogP contribution in [0.1, 0.15) is 38.2 Å². The molecule has 0 saturated carbocycles. The monoisotopic (exact) mass is 577 g/mol. The Morgan fingerprint density at radius 3 is 2.03 bits per heavy atom. The highest BCUT2D eigenvalue weighted by atomic mass is 32.2. The zero-order valence-electron chi connectivity index (χ0n) is 22.2. The van der Waals surface area contributed by atoms with Crippen LogP contribution >= 0.6 is 0 Å². The number of carbonyl (C=O) groups is 2. The summed E-state index contributed by atoms with van der Waals surface area (Å²) < 4.78 is 68.3. The number of rotatable bonds is 6. The van der Waals surface area contributed by atoms with Crippen molar-refractivity contribution in [2.24, 2.45) is 0 Å². The maximum absolute atomic E-state index is 14.1. The van der Waals surface area contributed by atoms with E-state index in [4.69, 9.17) is 9.47 Å². The van der Waals surface area contributed by atoms with Gasteiger partial charge in [0.05, 0.1) is 17.0 Å². The number of hydrogen-bond donors (Lipinski definition) is 0. The summed E-state index contributed by atoms with van der Waals surface area (Å²) in [6, 6.07) is 13.5. The zero-order chi connectivity index (χ0) is 28.6. The maximum atomic E-state index is 14.1. The predicted molar refractivity (Wildman–Crippen MR) is 143 cm³/mol. The number of sulfonamides is 1. The number of hydrogen-bond acceptors (Lipinski definition) is 8. The van der Waals surface area contributed by atoms with Gasteiger partial charge >= 0.3 is 12.1 Å². The van der Waals surface area contributed by atoms with E-state index in [1.165, 1.54) is 41.3 Å². The molecule has 0 radical (unpaired) electrons. The van der Waals surface area contributed by atoms with Gasteiger partial charge in [0, 0.05) is 31.6 Å². The first-order chi connectivity index (χ1) is 18.3. The molecular formula is C26H31N3O8S2. The van der Waals surface area contributed by atoms with Crippen LogP contribution in [-0.2, 0) is 29.5 Å². The number of benzene rings is 2. The fourth-order valence-corrected chi connectivity index (χ4v) is 7.70. The topological polar surface area (TPSA) is 132 Å². The maximum Gasteiger partial charge on any atom is 0.410 e. The Kier molecular flexibility index (Phi) is 7.79. The third-order valence-corrected chi connectivity index (χ3v) is 9.73. The van der Waals surface area contributed by atoms with Gasteiger partial charge in [-0.05, 0) is 45.9 Å². The molecule has 3 aromatic rings. The van der Waals surface area contributed by atoms with E-state index >= 15 is 0 Å². The fourth-order valence-electron chi connectivity index (χ4n) is 4.33. The molecule has 13 heteroatoms. The SMILES string of the molecule is CCOC(=O)c1c(S(=O)(=O)N2CCN(C(=O)OC(C)(C)C)CC2)c2ccccc2n1S(=O)(=O)c1ccccc1. The van der Waals surface area contributed by atoms with Crippen molar-refractivity contribution in [2.75, 3.05) is 32.8 Å². The van der Waals surface area contributed by atoms with Gasteiger partial charge in [-0.1, -0.05) is 36.4 Å². The van der Waals surface area contributed by atoms with Crippen LogP contribution in [0.2, 0.25) is 0 Å². The van der Waals surface area contributed by atoms with Gasteiger partial charge in [0.25, 0.3) is 10.0 Å². The molecule has 2 aromatic carbocycles. The lowest BCUT2D eigenvalue weighted by Gasteiger charge is -2.35. The van der Waals surface area contributed by atoms with E-state index in [0.29, 0.717) is 0 Å². The third-order valence-electron chi connectivity index (χ3n) is 6.02. The summed E-state index contributed by atoms with van der Waals surface area (Å²) >= 11 is 0. The summed E-state index contributed by atoms with van der Waals surface area (Å²) in [5, 5.41) is 0.0645. The molecule has 2 heterocycles. The summed E-state index contributed by atoms with van der Waals surface area (Å²) in [4.78, 5) is 26.6. The van der Waals surface area contributed by atoms with E-state index in [1.807, 2.05) is 0 Å². The number of aromatic nitrogens is 1. The van der Waals surface area contributed by atoms with Gasteiger partial charge in [0.2, 0.25) is 10.0 Å². The molecule has 39 heavy (non-hydrogen) atoms. The van der Waals surface area contributed by atoms with Gasteiger partial charge in [0.1, 0.15) is 10.5 Å². The van der Waals surface area contributed by atoms with Crippen molar-refractivity contribution in [3.63, 3.8) is 0 Å². The molecule has 0 atom stereocenters. The number of fused-ring (bicyclic) bond motifs is 1. The number of ether oxygens (including phenoxy) is 2. The molecule has 210 valence electrons. The van der Waals surface area contributed by atoms with Crippen molar-refractivity contribution in [3.05, 3.63) is 60.3 Å². The van der Waals surface area contributed by atoms with Crippen molar-refractivity contribution in [3.8, 4) is 0 Å². The lowest BCUT2D eigenvalue weighted by molar-refractivity contribution is 0.0192. The van der Waals surface area contributed by atoms with Crippen LogP contribution in [0, 0.1) is 0 Å². The molecule has 1 saturated heterocycles. The van der Waals surface area contributed by atoms with E-state index in [9.17, 15) is 26.4 Å². The van der Waals surface area contributed by atoms with Crippen LogP contribution in [0.3, 0.4) is 0 Å². The molecule has 1 aliphatic heterocycles. The summed E-state index contributed by atoms with van der Waals surface area (Å²) in [5.74, 6) is -1.08. The van der Waals surface area contributed by atoms with E-state index in [0.717, 1.165) is 8.28 Å². The third kappa shape index (κ3) is 5.52. The van der Waals surface area contributed by atoms with Crippen LogP contribution in [0.15, 0.2) is 64.4 Å². The molecule has 1 aliphatic rings. The molecule has 1 aromatic heterocycles. The van der Waals surface area contributed by atoms with Crippen LogP contribution < -0.4 is 0 Å². The highest BCUT2D eigenvalue weighted by Gasteiger charge is 2.40. The largest absolute Gasteiger partial charge is 0.461 e. The van der Waals surface area contributed by atoms with Crippen LogP contribution in [-0.4, -0.2) is 80.5 Å². The first-order valence-corrected chi connectivity index (χ1v) is 15.3. The second-order valence-electron chi connectivity index (χ2n) is 9.87. The molecule has 0 aliphatic carbocycles. The minimum atomic E-state index is -4.42. The van der Waals surface area contributed by atoms with Crippen LogP contribution in [0.25, 0.3) is 10.9 Å².